The van der Waals surface area contributed by atoms with E-state index >= 15 is 0 Å². The van der Waals surface area contributed by atoms with Gasteiger partial charge in [-0.2, -0.15) is 0 Å². The molecular formula is C12H26N2OS. The Bertz CT molecular complexity index is 195. The third kappa shape index (κ3) is 5.77. The molecule has 0 aromatic heterocycles. The highest BCUT2D eigenvalue weighted by Crippen LogP contribution is 2.14. The lowest BCUT2D eigenvalue weighted by molar-refractivity contribution is 0.0880. The van der Waals surface area contributed by atoms with Crippen molar-refractivity contribution in [3.63, 3.8) is 0 Å². The van der Waals surface area contributed by atoms with E-state index < -0.39 is 0 Å². The van der Waals surface area contributed by atoms with Gasteiger partial charge in [-0.05, 0) is 19.8 Å². The molecule has 0 bridgehead atoms. The standard InChI is InChI=1S/C12H26N2OS/c1-5-11(6-2)14(7-8-15-4)10(3)9-12(13)16/h10-11H,5-9H2,1-4H3,(H2,13,16). The summed E-state index contributed by atoms with van der Waals surface area (Å²) in [6.45, 7) is 8.35. The van der Waals surface area contributed by atoms with Crippen LogP contribution in [0.4, 0.5) is 0 Å². The van der Waals surface area contributed by atoms with Gasteiger partial charge in [0.2, 0.25) is 0 Å². The molecule has 0 rings (SSSR count). The Hall–Kier alpha value is -0.190. The summed E-state index contributed by atoms with van der Waals surface area (Å²) in [5, 5.41) is 0. The van der Waals surface area contributed by atoms with Crippen LogP contribution in [0, 0.1) is 0 Å². The number of hydrogen-bond donors (Lipinski definition) is 1. The van der Waals surface area contributed by atoms with Crippen LogP contribution in [0.25, 0.3) is 0 Å². The minimum atomic E-state index is 0.401. The van der Waals surface area contributed by atoms with Crippen molar-refractivity contribution in [2.75, 3.05) is 20.3 Å². The Morgan fingerprint density at radius 1 is 1.38 bits per heavy atom. The second-order valence-corrected chi connectivity index (χ2v) is 4.74. The normalized spacial score (nSPS) is 13.4. The quantitative estimate of drug-likeness (QED) is 0.633. The number of nitrogens with two attached hydrogens (primary N) is 1. The summed E-state index contributed by atoms with van der Waals surface area (Å²) >= 11 is 4.98. The summed E-state index contributed by atoms with van der Waals surface area (Å²) in [4.78, 5) is 3.06. The number of nitrogens with zero attached hydrogens (tertiary/aromatic N) is 1. The lowest BCUT2D eigenvalue weighted by Crippen LogP contribution is -2.44. The summed E-state index contributed by atoms with van der Waals surface area (Å²) in [5.74, 6) is 0. The molecule has 16 heavy (non-hydrogen) atoms. The number of methoxy groups -OCH3 is 1. The van der Waals surface area contributed by atoms with Crippen molar-refractivity contribution in [2.24, 2.45) is 5.73 Å². The van der Waals surface area contributed by atoms with Crippen LogP contribution in [-0.2, 0) is 4.74 Å². The first-order chi connectivity index (χ1) is 7.56. The molecule has 0 amide bonds. The summed E-state index contributed by atoms with van der Waals surface area (Å²) < 4.78 is 5.16. The fraction of sp³-hybridized carbons (Fsp3) is 0.917. The number of rotatable bonds is 9. The van der Waals surface area contributed by atoms with Gasteiger partial charge in [-0.1, -0.05) is 26.1 Å². The van der Waals surface area contributed by atoms with E-state index in [0.717, 1.165) is 32.4 Å². The molecule has 0 aromatic rings. The molecule has 0 aromatic carbocycles. The summed E-state index contributed by atoms with van der Waals surface area (Å²) in [6.07, 6.45) is 3.10. The van der Waals surface area contributed by atoms with Crippen LogP contribution in [0.15, 0.2) is 0 Å². The molecule has 1 unspecified atom stereocenters. The maximum atomic E-state index is 5.62. The maximum absolute atomic E-state index is 5.62. The van der Waals surface area contributed by atoms with Gasteiger partial charge in [0.05, 0.1) is 11.6 Å². The van der Waals surface area contributed by atoms with Crippen LogP contribution in [0.5, 0.6) is 0 Å². The van der Waals surface area contributed by atoms with Crippen molar-refractivity contribution in [3.05, 3.63) is 0 Å². The van der Waals surface area contributed by atoms with Gasteiger partial charge in [-0.3, -0.25) is 4.90 Å². The minimum absolute atomic E-state index is 0.401. The highest BCUT2D eigenvalue weighted by atomic mass is 32.1. The highest BCUT2D eigenvalue weighted by molar-refractivity contribution is 7.80. The van der Waals surface area contributed by atoms with Gasteiger partial charge in [0.1, 0.15) is 0 Å². The molecule has 0 heterocycles. The van der Waals surface area contributed by atoms with Crippen LogP contribution in [0.2, 0.25) is 0 Å². The van der Waals surface area contributed by atoms with Crippen LogP contribution in [-0.4, -0.2) is 42.2 Å². The van der Waals surface area contributed by atoms with Crippen molar-refractivity contribution < 1.29 is 4.74 Å². The number of thiocarbonyl (C=S) groups is 1. The van der Waals surface area contributed by atoms with Crippen molar-refractivity contribution >= 4 is 17.2 Å². The van der Waals surface area contributed by atoms with Crippen LogP contribution < -0.4 is 5.73 Å². The Morgan fingerprint density at radius 3 is 2.31 bits per heavy atom. The summed E-state index contributed by atoms with van der Waals surface area (Å²) in [6, 6.07) is 0.997. The van der Waals surface area contributed by atoms with Gasteiger partial charge in [0, 0.05) is 32.2 Å². The van der Waals surface area contributed by atoms with E-state index in [1.165, 1.54) is 0 Å². The third-order valence-corrected chi connectivity index (χ3v) is 3.19. The maximum Gasteiger partial charge on any atom is 0.0742 e. The van der Waals surface area contributed by atoms with Crippen molar-refractivity contribution in [1.29, 1.82) is 0 Å². The molecule has 0 saturated carbocycles. The summed E-state index contributed by atoms with van der Waals surface area (Å²) in [5.41, 5.74) is 5.62. The molecular weight excluding hydrogens is 220 g/mol. The summed E-state index contributed by atoms with van der Waals surface area (Å²) in [7, 11) is 1.74. The smallest absolute Gasteiger partial charge is 0.0742 e. The van der Waals surface area contributed by atoms with Gasteiger partial charge < -0.3 is 10.5 Å². The monoisotopic (exact) mass is 246 g/mol. The van der Waals surface area contributed by atoms with E-state index in [2.05, 4.69) is 25.7 Å². The van der Waals surface area contributed by atoms with Crippen molar-refractivity contribution in [1.82, 2.24) is 4.90 Å². The molecule has 4 heteroatoms. The second kappa shape index (κ2) is 8.90. The highest BCUT2D eigenvalue weighted by Gasteiger charge is 2.20. The Kier molecular flexibility index (Phi) is 8.80. The van der Waals surface area contributed by atoms with E-state index in [9.17, 15) is 0 Å². The first-order valence-corrected chi connectivity index (χ1v) is 6.50. The van der Waals surface area contributed by atoms with Gasteiger partial charge in [-0.25, -0.2) is 0 Å². The first-order valence-electron chi connectivity index (χ1n) is 6.09. The Labute approximate surface area is 105 Å². The molecule has 1 atom stereocenters. The van der Waals surface area contributed by atoms with Crippen LogP contribution in [0.3, 0.4) is 0 Å². The van der Waals surface area contributed by atoms with Gasteiger partial charge in [0.25, 0.3) is 0 Å². The lowest BCUT2D eigenvalue weighted by atomic mass is 10.1. The molecule has 0 aliphatic heterocycles. The molecule has 0 aliphatic carbocycles. The number of hydrogen-bond acceptors (Lipinski definition) is 3. The third-order valence-electron chi connectivity index (χ3n) is 3.03. The second-order valence-electron chi connectivity index (χ2n) is 4.22. The molecule has 0 saturated heterocycles. The molecule has 96 valence electrons. The zero-order valence-corrected chi connectivity index (χ0v) is 11.8. The predicted molar refractivity (Wildman–Crippen MR) is 73.8 cm³/mol. The van der Waals surface area contributed by atoms with Crippen LogP contribution >= 0.6 is 12.2 Å². The Balaban J connectivity index is 4.43. The zero-order valence-electron chi connectivity index (χ0n) is 11.0. The molecule has 0 aliphatic rings. The first kappa shape index (κ1) is 15.8. The number of ether oxygens (including phenoxy) is 1. The topological polar surface area (TPSA) is 38.5 Å². The Morgan fingerprint density at radius 2 is 1.94 bits per heavy atom. The van der Waals surface area contributed by atoms with E-state index in [0.29, 0.717) is 17.1 Å². The van der Waals surface area contributed by atoms with Crippen molar-refractivity contribution in [2.45, 2.75) is 52.1 Å². The molecule has 0 fully saturated rings. The minimum Gasteiger partial charge on any atom is -0.393 e. The fourth-order valence-electron chi connectivity index (χ4n) is 2.13. The van der Waals surface area contributed by atoms with Gasteiger partial charge >= 0.3 is 0 Å². The molecule has 2 N–H and O–H groups in total. The lowest BCUT2D eigenvalue weighted by Gasteiger charge is -2.35. The average Bonchev–Trinajstić information content (AvgIpc) is 2.23. The zero-order chi connectivity index (χ0) is 12.6. The van der Waals surface area contributed by atoms with E-state index in [1.54, 1.807) is 7.11 Å². The van der Waals surface area contributed by atoms with Crippen LogP contribution in [0.1, 0.15) is 40.0 Å². The van der Waals surface area contributed by atoms with E-state index in [-0.39, 0.29) is 0 Å². The SMILES string of the molecule is CCC(CC)N(CCOC)C(C)CC(N)=S. The van der Waals surface area contributed by atoms with Gasteiger partial charge in [-0.15, -0.1) is 0 Å². The average molecular weight is 246 g/mol. The van der Waals surface area contributed by atoms with Gasteiger partial charge in [0.15, 0.2) is 0 Å². The predicted octanol–water partition coefficient (Wildman–Crippen LogP) is 2.19. The van der Waals surface area contributed by atoms with E-state index in [1.807, 2.05) is 0 Å². The molecule has 0 spiro atoms. The fourth-order valence-corrected chi connectivity index (χ4v) is 2.37. The van der Waals surface area contributed by atoms with Crippen molar-refractivity contribution in [3.8, 4) is 0 Å². The van der Waals surface area contributed by atoms with E-state index in [4.69, 9.17) is 22.7 Å². The molecule has 0 radical (unpaired) electrons. The largest absolute Gasteiger partial charge is 0.393 e. The molecule has 3 nitrogen and oxygen atoms in total.